The van der Waals surface area contributed by atoms with Crippen molar-refractivity contribution in [3.05, 3.63) is 58.6 Å². The third-order valence-electron chi connectivity index (χ3n) is 2.81. The average Bonchev–Trinajstić information content (AvgIpc) is 2.67. The van der Waals surface area contributed by atoms with Gasteiger partial charge in [0.25, 0.3) is 0 Å². The summed E-state index contributed by atoms with van der Waals surface area (Å²) in [6.07, 6.45) is 3.78. The number of hydrogen-bond acceptors (Lipinski definition) is 3. The minimum atomic E-state index is 0.438. The lowest BCUT2D eigenvalue weighted by atomic mass is 10.1. The Morgan fingerprint density at radius 2 is 2.00 bits per heavy atom. The summed E-state index contributed by atoms with van der Waals surface area (Å²) in [4.78, 5) is 8.70. The number of imidazole rings is 1. The summed E-state index contributed by atoms with van der Waals surface area (Å²) in [5.41, 5.74) is 7.93. The van der Waals surface area contributed by atoms with Crippen LogP contribution < -0.4 is 5.73 Å². The zero-order valence-electron chi connectivity index (χ0n) is 9.55. The van der Waals surface area contributed by atoms with Gasteiger partial charge in [-0.25, -0.2) is 9.98 Å². The molecule has 0 unspecified atom stereocenters. The second-order valence-electron chi connectivity index (χ2n) is 3.97. The number of benzene rings is 1. The van der Waals surface area contributed by atoms with Crippen LogP contribution in [0, 0.1) is 0 Å². The lowest BCUT2D eigenvalue weighted by Crippen LogP contribution is -2.18. The van der Waals surface area contributed by atoms with E-state index in [9.17, 15) is 0 Å². The fourth-order valence-electron chi connectivity index (χ4n) is 1.93. The molecule has 0 spiro atoms. The van der Waals surface area contributed by atoms with Crippen LogP contribution in [-0.4, -0.2) is 15.4 Å². The predicted octanol–water partition coefficient (Wildman–Crippen LogP) is 2.41. The van der Waals surface area contributed by atoms with Crippen molar-refractivity contribution in [2.24, 2.45) is 10.7 Å². The lowest BCUT2D eigenvalue weighted by Gasteiger charge is -2.02. The Hall–Kier alpha value is -1.88. The quantitative estimate of drug-likeness (QED) is 0.879. The summed E-state index contributed by atoms with van der Waals surface area (Å²) < 4.78 is 2.88. The second kappa shape index (κ2) is 4.42. The standard InChI is InChI=1S/C13H11BrN4/c14-11-8-16-13-12(15)17-10(6-7-18(11)13)9-4-2-1-3-5-9/h1-6,8H,7H2,(H2,15,17). The highest BCUT2D eigenvalue weighted by atomic mass is 79.9. The van der Waals surface area contributed by atoms with Gasteiger partial charge in [0.1, 0.15) is 4.60 Å². The first kappa shape index (κ1) is 11.2. The molecule has 1 aliphatic heterocycles. The number of amidine groups is 1. The molecule has 4 nitrogen and oxygen atoms in total. The Morgan fingerprint density at radius 3 is 2.78 bits per heavy atom. The van der Waals surface area contributed by atoms with E-state index in [0.717, 1.165) is 15.9 Å². The summed E-state index contributed by atoms with van der Waals surface area (Å²) in [6.45, 7) is 0.699. The highest BCUT2D eigenvalue weighted by Gasteiger charge is 2.15. The molecule has 1 aliphatic rings. The van der Waals surface area contributed by atoms with Crippen LogP contribution in [0.2, 0.25) is 0 Å². The van der Waals surface area contributed by atoms with Crippen molar-refractivity contribution in [1.82, 2.24) is 9.55 Å². The number of aliphatic imine (C=N–C) groups is 1. The molecule has 0 saturated carbocycles. The topological polar surface area (TPSA) is 56.2 Å². The van der Waals surface area contributed by atoms with Crippen LogP contribution in [0.5, 0.6) is 0 Å². The van der Waals surface area contributed by atoms with Crippen molar-refractivity contribution in [3.8, 4) is 0 Å². The Bertz CT molecular complexity index is 640. The molecule has 2 heterocycles. The molecule has 0 saturated heterocycles. The van der Waals surface area contributed by atoms with Crippen molar-refractivity contribution in [3.63, 3.8) is 0 Å². The van der Waals surface area contributed by atoms with Gasteiger partial charge >= 0.3 is 0 Å². The van der Waals surface area contributed by atoms with Crippen LogP contribution in [-0.2, 0) is 6.54 Å². The van der Waals surface area contributed by atoms with E-state index >= 15 is 0 Å². The molecule has 0 fully saturated rings. The third kappa shape index (κ3) is 1.86. The Morgan fingerprint density at radius 1 is 1.22 bits per heavy atom. The molecule has 1 aromatic carbocycles. The molecule has 2 aromatic rings. The molecule has 2 N–H and O–H groups in total. The van der Waals surface area contributed by atoms with Gasteiger partial charge in [-0.2, -0.15) is 0 Å². The molecule has 1 aromatic heterocycles. The summed E-state index contributed by atoms with van der Waals surface area (Å²) in [5.74, 6) is 1.14. The SMILES string of the molecule is NC1=NC(c2ccccc2)=CCn2c(Br)cnc21. The number of aromatic nitrogens is 2. The molecule has 0 aliphatic carbocycles. The Balaban J connectivity index is 2.07. The minimum absolute atomic E-state index is 0.438. The van der Waals surface area contributed by atoms with Crippen LogP contribution in [0.3, 0.4) is 0 Å². The molecular formula is C13H11BrN4. The monoisotopic (exact) mass is 302 g/mol. The van der Waals surface area contributed by atoms with Crippen molar-refractivity contribution in [2.45, 2.75) is 6.54 Å². The molecule has 5 heteroatoms. The second-order valence-corrected chi connectivity index (χ2v) is 4.78. The fraction of sp³-hybridized carbons (Fsp3) is 0.0769. The van der Waals surface area contributed by atoms with E-state index in [1.807, 2.05) is 41.0 Å². The van der Waals surface area contributed by atoms with E-state index < -0.39 is 0 Å². The van der Waals surface area contributed by atoms with Gasteiger partial charge in [0, 0.05) is 6.54 Å². The summed E-state index contributed by atoms with van der Waals surface area (Å²) in [6, 6.07) is 10.00. The van der Waals surface area contributed by atoms with E-state index in [1.54, 1.807) is 6.20 Å². The molecule has 18 heavy (non-hydrogen) atoms. The van der Waals surface area contributed by atoms with Gasteiger partial charge in [-0.3, -0.25) is 0 Å². The van der Waals surface area contributed by atoms with E-state index in [4.69, 9.17) is 5.73 Å². The summed E-state index contributed by atoms with van der Waals surface area (Å²) in [5, 5.41) is 0. The number of rotatable bonds is 1. The number of halogens is 1. The maximum Gasteiger partial charge on any atom is 0.176 e. The van der Waals surface area contributed by atoms with Gasteiger partial charge in [0.2, 0.25) is 0 Å². The van der Waals surface area contributed by atoms with Crippen molar-refractivity contribution in [1.29, 1.82) is 0 Å². The first-order chi connectivity index (χ1) is 8.75. The van der Waals surface area contributed by atoms with Crippen LogP contribution in [0.25, 0.3) is 5.70 Å². The van der Waals surface area contributed by atoms with Gasteiger partial charge in [0.15, 0.2) is 11.7 Å². The van der Waals surface area contributed by atoms with E-state index in [-0.39, 0.29) is 0 Å². The van der Waals surface area contributed by atoms with Gasteiger partial charge in [-0.05, 0) is 27.6 Å². The van der Waals surface area contributed by atoms with E-state index in [0.29, 0.717) is 18.2 Å². The smallest absolute Gasteiger partial charge is 0.176 e. The molecule has 0 atom stereocenters. The fourth-order valence-corrected chi connectivity index (χ4v) is 2.34. The van der Waals surface area contributed by atoms with Crippen molar-refractivity contribution < 1.29 is 0 Å². The molecule has 3 rings (SSSR count). The predicted molar refractivity (Wildman–Crippen MR) is 75.1 cm³/mol. The number of nitrogens with zero attached hydrogens (tertiary/aromatic N) is 3. The van der Waals surface area contributed by atoms with Gasteiger partial charge < -0.3 is 10.3 Å². The van der Waals surface area contributed by atoms with Gasteiger partial charge in [-0.1, -0.05) is 30.3 Å². The largest absolute Gasteiger partial charge is 0.381 e. The zero-order chi connectivity index (χ0) is 12.5. The highest BCUT2D eigenvalue weighted by molar-refractivity contribution is 9.10. The number of hydrogen-bond donors (Lipinski definition) is 1. The van der Waals surface area contributed by atoms with Gasteiger partial charge in [0.05, 0.1) is 11.9 Å². The Labute approximate surface area is 113 Å². The maximum atomic E-state index is 5.99. The number of nitrogens with two attached hydrogens (primary N) is 1. The minimum Gasteiger partial charge on any atom is -0.381 e. The molecule has 90 valence electrons. The highest BCUT2D eigenvalue weighted by Crippen LogP contribution is 2.21. The van der Waals surface area contributed by atoms with E-state index in [1.165, 1.54) is 0 Å². The van der Waals surface area contributed by atoms with Crippen LogP contribution in [0.1, 0.15) is 11.4 Å². The first-order valence-electron chi connectivity index (χ1n) is 5.57. The molecule has 0 bridgehead atoms. The first-order valence-corrected chi connectivity index (χ1v) is 6.36. The normalized spacial score (nSPS) is 14.5. The lowest BCUT2D eigenvalue weighted by molar-refractivity contribution is 0.795. The zero-order valence-corrected chi connectivity index (χ0v) is 11.1. The van der Waals surface area contributed by atoms with Gasteiger partial charge in [-0.15, -0.1) is 0 Å². The summed E-state index contributed by atoms with van der Waals surface area (Å²) >= 11 is 3.45. The van der Waals surface area contributed by atoms with Crippen LogP contribution in [0.4, 0.5) is 0 Å². The molecular weight excluding hydrogens is 292 g/mol. The van der Waals surface area contributed by atoms with E-state index in [2.05, 4.69) is 25.9 Å². The Kier molecular flexibility index (Phi) is 2.76. The number of fused-ring (bicyclic) bond motifs is 1. The molecule has 0 radical (unpaired) electrons. The summed E-state index contributed by atoms with van der Waals surface area (Å²) in [7, 11) is 0. The van der Waals surface area contributed by atoms with Crippen LogP contribution in [0.15, 0.2) is 52.2 Å². The van der Waals surface area contributed by atoms with Crippen molar-refractivity contribution in [2.75, 3.05) is 0 Å². The average molecular weight is 303 g/mol. The van der Waals surface area contributed by atoms with Crippen molar-refractivity contribution >= 4 is 27.5 Å². The third-order valence-corrected chi connectivity index (χ3v) is 3.45. The number of allylic oxidation sites excluding steroid dienone is 1. The van der Waals surface area contributed by atoms with Crippen LogP contribution >= 0.6 is 15.9 Å². The molecule has 0 amide bonds. The maximum absolute atomic E-state index is 5.99.